The van der Waals surface area contributed by atoms with Crippen LogP contribution in [-0.2, 0) is 9.84 Å². The molecule has 1 heterocycles. The zero-order chi connectivity index (χ0) is 18.3. The summed E-state index contributed by atoms with van der Waals surface area (Å²) in [6, 6.07) is 8.22. The average Bonchev–Trinajstić information content (AvgIpc) is 3.11. The molecule has 8 heteroatoms. The number of hydrogen-bond donors (Lipinski definition) is 1. The van der Waals surface area contributed by atoms with E-state index in [4.69, 9.17) is 4.74 Å². The number of aliphatic imine (C=N–C) groups is 1. The van der Waals surface area contributed by atoms with E-state index >= 15 is 0 Å². The number of halogens is 1. The van der Waals surface area contributed by atoms with Gasteiger partial charge >= 0.3 is 0 Å². The minimum absolute atomic E-state index is 0. The molecular formula is C18H30IN3O3S. The Bertz CT molecular complexity index is 677. The number of rotatable bonds is 7. The van der Waals surface area contributed by atoms with Crippen molar-refractivity contribution in [1.29, 1.82) is 0 Å². The van der Waals surface area contributed by atoms with Crippen molar-refractivity contribution in [3.8, 4) is 5.75 Å². The lowest BCUT2D eigenvalue weighted by Crippen LogP contribution is -2.40. The summed E-state index contributed by atoms with van der Waals surface area (Å²) in [5.74, 6) is 2.40. The smallest absolute Gasteiger partial charge is 0.193 e. The van der Waals surface area contributed by atoms with Gasteiger partial charge in [0.05, 0.1) is 19.4 Å². The quantitative estimate of drug-likeness (QED) is 0.358. The number of likely N-dealkylation sites (tertiary alicyclic amines) is 1. The summed E-state index contributed by atoms with van der Waals surface area (Å²) < 4.78 is 28.5. The van der Waals surface area contributed by atoms with Crippen LogP contribution >= 0.6 is 24.0 Å². The molecule has 1 aliphatic rings. The fourth-order valence-electron chi connectivity index (χ4n) is 2.96. The van der Waals surface area contributed by atoms with Crippen LogP contribution in [0.1, 0.15) is 31.7 Å². The summed E-state index contributed by atoms with van der Waals surface area (Å²) in [7, 11) is -1.31. The Morgan fingerprint density at radius 3 is 2.58 bits per heavy atom. The Morgan fingerprint density at radius 1 is 1.31 bits per heavy atom. The molecule has 1 fully saturated rings. The number of nitrogens with one attached hydrogen (secondary N) is 1. The maximum Gasteiger partial charge on any atom is 0.193 e. The molecule has 1 N–H and O–H groups in total. The van der Waals surface area contributed by atoms with Gasteiger partial charge in [0.25, 0.3) is 0 Å². The first-order valence-corrected chi connectivity index (χ1v) is 10.7. The molecule has 0 saturated carbocycles. The second kappa shape index (κ2) is 11.0. The topological polar surface area (TPSA) is 71.0 Å². The van der Waals surface area contributed by atoms with Crippen molar-refractivity contribution in [2.75, 3.05) is 44.8 Å². The molecule has 1 unspecified atom stereocenters. The maximum absolute atomic E-state index is 11.6. The molecule has 0 bridgehead atoms. The molecule has 1 aliphatic heterocycles. The van der Waals surface area contributed by atoms with Crippen molar-refractivity contribution in [2.45, 2.75) is 26.2 Å². The highest BCUT2D eigenvalue weighted by Crippen LogP contribution is 2.28. The number of sulfone groups is 1. The molecule has 1 aromatic carbocycles. The number of ether oxygens (including phenoxy) is 1. The average molecular weight is 495 g/mol. The molecule has 1 atom stereocenters. The van der Waals surface area contributed by atoms with E-state index in [1.807, 2.05) is 19.1 Å². The van der Waals surface area contributed by atoms with E-state index in [9.17, 15) is 8.42 Å². The minimum atomic E-state index is -2.98. The Kier molecular flexibility index (Phi) is 9.70. The van der Waals surface area contributed by atoms with Crippen molar-refractivity contribution in [2.24, 2.45) is 4.99 Å². The van der Waals surface area contributed by atoms with Gasteiger partial charge < -0.3 is 15.0 Å². The highest BCUT2D eigenvalue weighted by atomic mass is 127. The van der Waals surface area contributed by atoms with Gasteiger partial charge in [-0.25, -0.2) is 8.42 Å². The molecular weight excluding hydrogens is 465 g/mol. The molecule has 0 amide bonds. The van der Waals surface area contributed by atoms with Crippen LogP contribution < -0.4 is 10.1 Å². The predicted octanol–water partition coefficient (Wildman–Crippen LogP) is 2.50. The standard InChI is InChI=1S/C18H29N3O3S.HI/c1-4-19-18(20-11-13-25(22,23)5-2)21-12-10-16(14-21)15-6-8-17(24-3)9-7-15;/h6-9,16H,4-5,10-14H2,1-3H3,(H,19,20);1H. The second-order valence-corrected chi connectivity index (χ2v) is 8.65. The van der Waals surface area contributed by atoms with E-state index < -0.39 is 9.84 Å². The third-order valence-electron chi connectivity index (χ3n) is 4.51. The van der Waals surface area contributed by atoms with Crippen LogP contribution in [0.5, 0.6) is 5.75 Å². The lowest BCUT2D eigenvalue weighted by molar-refractivity contribution is 0.414. The zero-order valence-electron chi connectivity index (χ0n) is 15.8. The van der Waals surface area contributed by atoms with Gasteiger partial charge in [0, 0.05) is 31.3 Å². The second-order valence-electron chi connectivity index (χ2n) is 6.18. The summed E-state index contributed by atoms with van der Waals surface area (Å²) >= 11 is 0. The lowest BCUT2D eigenvalue weighted by atomic mass is 9.98. The number of methoxy groups -OCH3 is 1. The van der Waals surface area contributed by atoms with Crippen LogP contribution in [0.25, 0.3) is 0 Å². The van der Waals surface area contributed by atoms with Gasteiger partial charge in [-0.1, -0.05) is 19.1 Å². The molecule has 0 radical (unpaired) electrons. The third-order valence-corrected chi connectivity index (χ3v) is 6.20. The molecule has 2 rings (SSSR count). The van der Waals surface area contributed by atoms with Crippen molar-refractivity contribution >= 4 is 39.8 Å². The van der Waals surface area contributed by atoms with E-state index in [-0.39, 0.29) is 35.5 Å². The van der Waals surface area contributed by atoms with E-state index in [2.05, 4.69) is 27.3 Å². The van der Waals surface area contributed by atoms with Gasteiger partial charge in [-0.3, -0.25) is 4.99 Å². The van der Waals surface area contributed by atoms with Gasteiger partial charge in [0.2, 0.25) is 0 Å². The normalized spacial score (nSPS) is 17.7. The SMILES string of the molecule is CCNC(=NCCS(=O)(=O)CC)N1CCC(c2ccc(OC)cc2)C1.I. The number of nitrogens with zero attached hydrogens (tertiary/aromatic N) is 2. The minimum Gasteiger partial charge on any atom is -0.497 e. The predicted molar refractivity (Wildman–Crippen MR) is 118 cm³/mol. The first-order valence-electron chi connectivity index (χ1n) is 8.86. The number of hydrogen-bond acceptors (Lipinski definition) is 4. The fraction of sp³-hybridized carbons (Fsp3) is 0.611. The Morgan fingerprint density at radius 2 is 2.00 bits per heavy atom. The van der Waals surface area contributed by atoms with Crippen LogP contribution in [0, 0.1) is 0 Å². The monoisotopic (exact) mass is 495 g/mol. The summed E-state index contributed by atoms with van der Waals surface area (Å²) in [5, 5.41) is 3.28. The third kappa shape index (κ3) is 6.61. The number of benzene rings is 1. The van der Waals surface area contributed by atoms with Gasteiger partial charge in [-0.05, 0) is 31.0 Å². The lowest BCUT2D eigenvalue weighted by Gasteiger charge is -2.21. The van der Waals surface area contributed by atoms with Crippen molar-refractivity contribution < 1.29 is 13.2 Å². The van der Waals surface area contributed by atoms with Crippen LogP contribution in [-0.4, -0.2) is 64.1 Å². The van der Waals surface area contributed by atoms with Crippen LogP contribution in [0.15, 0.2) is 29.3 Å². The first kappa shape index (κ1) is 23.0. The Labute approximate surface area is 174 Å². The summed E-state index contributed by atoms with van der Waals surface area (Å²) in [6.45, 7) is 6.58. The Hall–Kier alpha value is -1.03. The van der Waals surface area contributed by atoms with Crippen molar-refractivity contribution in [1.82, 2.24) is 10.2 Å². The van der Waals surface area contributed by atoms with Crippen molar-refractivity contribution in [3.05, 3.63) is 29.8 Å². The molecule has 26 heavy (non-hydrogen) atoms. The van der Waals surface area contributed by atoms with Crippen LogP contribution in [0.3, 0.4) is 0 Å². The molecule has 148 valence electrons. The van der Waals surface area contributed by atoms with Crippen LogP contribution in [0.2, 0.25) is 0 Å². The largest absolute Gasteiger partial charge is 0.497 e. The summed E-state index contributed by atoms with van der Waals surface area (Å²) in [4.78, 5) is 6.74. The van der Waals surface area contributed by atoms with Crippen molar-refractivity contribution in [3.63, 3.8) is 0 Å². The summed E-state index contributed by atoms with van der Waals surface area (Å²) in [6.07, 6.45) is 1.06. The molecule has 1 aromatic rings. The fourth-order valence-corrected chi connectivity index (χ4v) is 3.62. The summed E-state index contributed by atoms with van der Waals surface area (Å²) in [5.41, 5.74) is 1.30. The molecule has 0 aliphatic carbocycles. The maximum atomic E-state index is 11.6. The van der Waals surface area contributed by atoms with Gasteiger partial charge in [0.1, 0.15) is 5.75 Å². The van der Waals surface area contributed by atoms with E-state index in [1.165, 1.54) is 5.56 Å². The van der Waals surface area contributed by atoms with E-state index in [0.717, 1.165) is 37.8 Å². The van der Waals surface area contributed by atoms with Gasteiger partial charge in [-0.15, -0.1) is 24.0 Å². The number of guanidine groups is 1. The Balaban J connectivity index is 0.00000338. The van der Waals surface area contributed by atoms with Crippen LogP contribution in [0.4, 0.5) is 0 Å². The van der Waals surface area contributed by atoms with Gasteiger partial charge in [-0.2, -0.15) is 0 Å². The zero-order valence-corrected chi connectivity index (χ0v) is 18.9. The molecule has 1 saturated heterocycles. The van der Waals surface area contributed by atoms with E-state index in [1.54, 1.807) is 14.0 Å². The van der Waals surface area contributed by atoms with Gasteiger partial charge in [0.15, 0.2) is 15.8 Å². The molecule has 0 aromatic heterocycles. The highest BCUT2D eigenvalue weighted by Gasteiger charge is 2.26. The molecule has 0 spiro atoms. The first-order chi connectivity index (χ1) is 12.0. The van der Waals surface area contributed by atoms with E-state index in [0.29, 0.717) is 12.5 Å². The highest BCUT2D eigenvalue weighted by molar-refractivity contribution is 14.0. The molecule has 6 nitrogen and oxygen atoms in total.